The van der Waals surface area contributed by atoms with E-state index in [4.69, 9.17) is 4.74 Å². The van der Waals surface area contributed by atoms with E-state index in [0.29, 0.717) is 11.3 Å². The predicted octanol–water partition coefficient (Wildman–Crippen LogP) is 2.79. The van der Waals surface area contributed by atoms with Crippen LogP contribution >= 0.6 is 15.9 Å². The van der Waals surface area contributed by atoms with E-state index in [2.05, 4.69) is 31.8 Å². The number of methoxy groups -OCH3 is 1. The van der Waals surface area contributed by atoms with E-state index in [1.807, 2.05) is 36.4 Å². The molecule has 7 heteroatoms. The van der Waals surface area contributed by atoms with Gasteiger partial charge >= 0.3 is 11.8 Å². The number of amides is 2. The standard InChI is InChI=1S/C18H18BrN3O3/c1-12(13-6-4-3-5-7-13)21-17(23)18(24)22-20-11-14-10-15(19)8-9-16(14)25-2/h3-12H,1-2H3,(H,21,23)(H,22,24)/b20-11+. The zero-order chi connectivity index (χ0) is 18.2. The van der Waals surface area contributed by atoms with Gasteiger partial charge in [0.2, 0.25) is 0 Å². The highest BCUT2D eigenvalue weighted by atomic mass is 79.9. The zero-order valence-electron chi connectivity index (χ0n) is 13.8. The second-order valence-corrected chi connectivity index (χ2v) is 6.11. The zero-order valence-corrected chi connectivity index (χ0v) is 15.4. The Hall–Kier alpha value is -2.67. The smallest absolute Gasteiger partial charge is 0.329 e. The van der Waals surface area contributed by atoms with E-state index in [0.717, 1.165) is 10.0 Å². The summed E-state index contributed by atoms with van der Waals surface area (Å²) in [7, 11) is 1.54. The SMILES string of the molecule is COc1ccc(Br)cc1/C=N/NC(=O)C(=O)NC(C)c1ccccc1. The Kier molecular flexibility index (Phi) is 6.71. The van der Waals surface area contributed by atoms with Crippen molar-refractivity contribution in [3.05, 3.63) is 64.1 Å². The lowest BCUT2D eigenvalue weighted by atomic mass is 10.1. The maximum Gasteiger partial charge on any atom is 0.329 e. The average Bonchev–Trinajstić information content (AvgIpc) is 2.62. The largest absolute Gasteiger partial charge is 0.496 e. The van der Waals surface area contributed by atoms with Gasteiger partial charge in [-0.05, 0) is 30.7 Å². The Bertz CT molecular complexity index is 778. The predicted molar refractivity (Wildman–Crippen MR) is 99.4 cm³/mol. The second-order valence-electron chi connectivity index (χ2n) is 5.19. The highest BCUT2D eigenvalue weighted by Gasteiger charge is 2.16. The van der Waals surface area contributed by atoms with E-state index in [9.17, 15) is 9.59 Å². The number of halogens is 1. The molecule has 2 rings (SSSR count). The molecule has 6 nitrogen and oxygen atoms in total. The van der Waals surface area contributed by atoms with Crippen LogP contribution in [0.25, 0.3) is 0 Å². The first-order valence-electron chi connectivity index (χ1n) is 7.53. The van der Waals surface area contributed by atoms with Gasteiger partial charge in [0.15, 0.2) is 0 Å². The number of carbonyl (C=O) groups excluding carboxylic acids is 2. The summed E-state index contributed by atoms with van der Waals surface area (Å²) in [5.74, 6) is -0.994. The summed E-state index contributed by atoms with van der Waals surface area (Å²) in [4.78, 5) is 23.8. The molecule has 2 aromatic rings. The van der Waals surface area contributed by atoms with E-state index in [1.54, 1.807) is 19.1 Å². The van der Waals surface area contributed by atoms with Gasteiger partial charge in [-0.2, -0.15) is 5.10 Å². The summed E-state index contributed by atoms with van der Waals surface area (Å²) >= 11 is 3.35. The van der Waals surface area contributed by atoms with Gasteiger partial charge in [-0.1, -0.05) is 46.3 Å². The molecule has 1 unspecified atom stereocenters. The van der Waals surface area contributed by atoms with Crippen molar-refractivity contribution in [2.24, 2.45) is 5.10 Å². The summed E-state index contributed by atoms with van der Waals surface area (Å²) in [6, 6.07) is 14.5. The van der Waals surface area contributed by atoms with Gasteiger partial charge in [-0.15, -0.1) is 0 Å². The quantitative estimate of drug-likeness (QED) is 0.457. The molecule has 0 heterocycles. The topological polar surface area (TPSA) is 79.8 Å². The molecule has 0 bridgehead atoms. The Morgan fingerprint density at radius 2 is 1.88 bits per heavy atom. The molecule has 0 aliphatic rings. The van der Waals surface area contributed by atoms with Gasteiger partial charge in [-0.3, -0.25) is 9.59 Å². The third-order valence-corrected chi connectivity index (χ3v) is 3.91. The first-order valence-corrected chi connectivity index (χ1v) is 8.33. The third-order valence-electron chi connectivity index (χ3n) is 3.41. The highest BCUT2D eigenvalue weighted by Crippen LogP contribution is 2.21. The number of benzene rings is 2. The number of hydrogen-bond donors (Lipinski definition) is 2. The summed E-state index contributed by atoms with van der Waals surface area (Å²) in [6.45, 7) is 1.80. The minimum atomic E-state index is -0.840. The molecule has 2 N–H and O–H groups in total. The van der Waals surface area contributed by atoms with Crippen LogP contribution in [0.4, 0.5) is 0 Å². The van der Waals surface area contributed by atoms with Crippen LogP contribution in [-0.2, 0) is 9.59 Å². The van der Waals surface area contributed by atoms with Gasteiger partial charge in [0.1, 0.15) is 5.75 Å². The fourth-order valence-corrected chi connectivity index (χ4v) is 2.48. The van der Waals surface area contributed by atoms with Crippen molar-refractivity contribution in [2.75, 3.05) is 7.11 Å². The van der Waals surface area contributed by atoms with Crippen molar-refractivity contribution in [3.63, 3.8) is 0 Å². The van der Waals surface area contributed by atoms with Crippen LogP contribution in [0, 0.1) is 0 Å². The number of hydrogen-bond acceptors (Lipinski definition) is 4. The summed E-state index contributed by atoms with van der Waals surface area (Å²) < 4.78 is 6.05. The van der Waals surface area contributed by atoms with Crippen molar-refractivity contribution in [2.45, 2.75) is 13.0 Å². The molecule has 2 amide bonds. The first kappa shape index (κ1) is 18.7. The van der Waals surface area contributed by atoms with Crippen LogP contribution in [0.3, 0.4) is 0 Å². The van der Waals surface area contributed by atoms with Gasteiger partial charge in [-0.25, -0.2) is 5.43 Å². The Morgan fingerprint density at radius 3 is 2.56 bits per heavy atom. The number of nitrogens with one attached hydrogen (secondary N) is 2. The molecule has 0 aliphatic carbocycles. The van der Waals surface area contributed by atoms with Crippen LogP contribution in [0.1, 0.15) is 24.1 Å². The molecule has 0 fully saturated rings. The lowest BCUT2D eigenvalue weighted by Crippen LogP contribution is -2.39. The monoisotopic (exact) mass is 403 g/mol. The Morgan fingerprint density at radius 1 is 1.16 bits per heavy atom. The molecule has 0 aromatic heterocycles. The van der Waals surface area contributed by atoms with Gasteiger partial charge in [0.25, 0.3) is 0 Å². The molecule has 130 valence electrons. The van der Waals surface area contributed by atoms with Crippen molar-refractivity contribution in [3.8, 4) is 5.75 Å². The Labute approximate surface area is 154 Å². The second kappa shape index (κ2) is 8.98. The minimum Gasteiger partial charge on any atom is -0.496 e. The molecule has 0 saturated heterocycles. The number of carbonyl (C=O) groups is 2. The van der Waals surface area contributed by atoms with Crippen LogP contribution in [0.2, 0.25) is 0 Å². The van der Waals surface area contributed by atoms with Gasteiger partial charge < -0.3 is 10.1 Å². The summed E-state index contributed by atoms with van der Waals surface area (Å²) in [6.07, 6.45) is 1.41. The Balaban J connectivity index is 1.93. The molecule has 0 radical (unpaired) electrons. The van der Waals surface area contributed by atoms with E-state index in [-0.39, 0.29) is 6.04 Å². The van der Waals surface area contributed by atoms with Crippen molar-refractivity contribution in [1.82, 2.24) is 10.7 Å². The molecule has 0 saturated carbocycles. The fourth-order valence-electron chi connectivity index (χ4n) is 2.10. The maximum atomic E-state index is 11.9. The van der Waals surface area contributed by atoms with E-state index < -0.39 is 11.8 Å². The lowest BCUT2D eigenvalue weighted by Gasteiger charge is -2.13. The highest BCUT2D eigenvalue weighted by molar-refractivity contribution is 9.10. The molecular weight excluding hydrogens is 386 g/mol. The van der Waals surface area contributed by atoms with E-state index in [1.165, 1.54) is 13.3 Å². The first-order chi connectivity index (χ1) is 12.0. The van der Waals surface area contributed by atoms with Gasteiger partial charge in [0.05, 0.1) is 19.4 Å². The molecule has 0 aliphatic heterocycles. The fraction of sp³-hybridized carbons (Fsp3) is 0.167. The number of nitrogens with zero attached hydrogens (tertiary/aromatic N) is 1. The van der Waals surface area contributed by atoms with Crippen molar-refractivity contribution < 1.29 is 14.3 Å². The number of rotatable bonds is 5. The number of hydrazone groups is 1. The molecule has 1 atom stereocenters. The average molecular weight is 404 g/mol. The maximum absolute atomic E-state index is 11.9. The third kappa shape index (κ3) is 5.42. The van der Waals surface area contributed by atoms with Crippen LogP contribution in [-0.4, -0.2) is 25.1 Å². The van der Waals surface area contributed by atoms with E-state index >= 15 is 0 Å². The number of ether oxygens (including phenoxy) is 1. The summed E-state index contributed by atoms with van der Waals surface area (Å²) in [5, 5.41) is 6.43. The van der Waals surface area contributed by atoms with Gasteiger partial charge in [0, 0.05) is 10.0 Å². The lowest BCUT2D eigenvalue weighted by molar-refractivity contribution is -0.139. The molecule has 0 spiro atoms. The summed E-state index contributed by atoms with van der Waals surface area (Å²) in [5.41, 5.74) is 3.78. The molecule has 2 aromatic carbocycles. The molecular formula is C18H18BrN3O3. The minimum absolute atomic E-state index is 0.284. The molecule has 25 heavy (non-hydrogen) atoms. The van der Waals surface area contributed by atoms with Crippen LogP contribution in [0.15, 0.2) is 58.1 Å². The van der Waals surface area contributed by atoms with Crippen LogP contribution in [0.5, 0.6) is 5.75 Å². The van der Waals surface area contributed by atoms with Crippen molar-refractivity contribution >= 4 is 34.0 Å². The van der Waals surface area contributed by atoms with Crippen LogP contribution < -0.4 is 15.5 Å². The normalized spacial score (nSPS) is 11.8. The van der Waals surface area contributed by atoms with Crippen molar-refractivity contribution in [1.29, 1.82) is 0 Å².